The summed E-state index contributed by atoms with van der Waals surface area (Å²) in [5, 5.41) is 3.07. The van der Waals surface area contributed by atoms with E-state index in [-0.39, 0.29) is 33.3 Å². The van der Waals surface area contributed by atoms with E-state index < -0.39 is 18.2 Å². The number of halogens is 6. The number of alkyl halides is 3. The van der Waals surface area contributed by atoms with Crippen molar-refractivity contribution in [2.75, 3.05) is 0 Å². The molecule has 2 aromatic carbocycles. The molecule has 0 radical (unpaired) electrons. The van der Waals surface area contributed by atoms with E-state index in [1.54, 1.807) is 12.1 Å². The minimum Gasteiger partial charge on any atom is -0.472 e. The number of hydrogen-bond donors (Lipinski definition) is 1. The van der Waals surface area contributed by atoms with Crippen LogP contribution in [-0.2, 0) is 16.8 Å². The molecular formula is C22H17BrCl2F3NO2. The fraction of sp³-hybridized carbons (Fsp3) is 0.318. The summed E-state index contributed by atoms with van der Waals surface area (Å²) in [7, 11) is 0. The minimum absolute atomic E-state index is 0.0922. The van der Waals surface area contributed by atoms with Crippen molar-refractivity contribution in [3.05, 3.63) is 69.2 Å². The van der Waals surface area contributed by atoms with Gasteiger partial charge in [-0.3, -0.25) is 4.79 Å². The van der Waals surface area contributed by atoms with Gasteiger partial charge in [0.15, 0.2) is 0 Å². The summed E-state index contributed by atoms with van der Waals surface area (Å²) in [4.78, 5) is 12.1. The molecule has 1 unspecified atom stereocenters. The maximum atomic E-state index is 14.2. The lowest BCUT2D eigenvalue weighted by atomic mass is 9.88. The SMILES string of the molecule is O=C(/C=C(/Br)c1ccc2c(c1)CC(c1cc(Cl)cc(Cl)c1)(C(F)(F)F)O2)NC1CCC1. The molecule has 0 spiro atoms. The Balaban J connectivity index is 1.64. The summed E-state index contributed by atoms with van der Waals surface area (Å²) >= 11 is 15.3. The number of ether oxygens (including phenoxy) is 1. The number of benzene rings is 2. The number of amides is 1. The van der Waals surface area contributed by atoms with Gasteiger partial charge < -0.3 is 10.1 Å². The quantitative estimate of drug-likeness (QED) is 0.438. The lowest BCUT2D eigenvalue weighted by molar-refractivity contribution is -0.248. The van der Waals surface area contributed by atoms with E-state index in [0.29, 0.717) is 15.6 Å². The van der Waals surface area contributed by atoms with Crippen LogP contribution in [0.5, 0.6) is 5.75 Å². The fourth-order valence-electron chi connectivity index (χ4n) is 3.72. The molecule has 9 heteroatoms. The number of nitrogens with one attached hydrogen (secondary N) is 1. The Bertz CT molecular complexity index is 1050. The van der Waals surface area contributed by atoms with Gasteiger partial charge >= 0.3 is 6.18 Å². The lowest BCUT2D eigenvalue weighted by Crippen LogP contribution is -2.46. The smallest absolute Gasteiger partial charge is 0.432 e. The van der Waals surface area contributed by atoms with E-state index in [4.69, 9.17) is 27.9 Å². The Kier molecular flexibility index (Phi) is 6.05. The van der Waals surface area contributed by atoms with Gasteiger partial charge in [-0.25, -0.2) is 0 Å². The molecular weight excluding hydrogens is 518 g/mol. The van der Waals surface area contributed by atoms with Crippen LogP contribution in [0.4, 0.5) is 13.2 Å². The first-order valence-corrected chi connectivity index (χ1v) is 11.2. The third kappa shape index (κ3) is 4.45. The molecule has 1 aliphatic carbocycles. The molecule has 0 aromatic heterocycles. The molecule has 1 N–H and O–H groups in total. The van der Waals surface area contributed by atoms with Gasteiger partial charge in [0.25, 0.3) is 0 Å². The molecule has 2 aliphatic rings. The predicted molar refractivity (Wildman–Crippen MR) is 118 cm³/mol. The van der Waals surface area contributed by atoms with E-state index in [1.165, 1.54) is 30.3 Å². The molecule has 2 aromatic rings. The number of hydrogen-bond acceptors (Lipinski definition) is 2. The van der Waals surface area contributed by atoms with Crippen molar-refractivity contribution in [2.24, 2.45) is 0 Å². The fourth-order valence-corrected chi connectivity index (χ4v) is 4.70. The van der Waals surface area contributed by atoms with Crippen LogP contribution in [-0.4, -0.2) is 18.1 Å². The second-order valence-electron chi connectivity index (χ2n) is 7.71. The molecule has 164 valence electrons. The zero-order valence-electron chi connectivity index (χ0n) is 16.0. The largest absolute Gasteiger partial charge is 0.472 e. The van der Waals surface area contributed by atoms with Crippen molar-refractivity contribution < 1.29 is 22.7 Å². The minimum atomic E-state index is -4.71. The Labute approximate surface area is 195 Å². The molecule has 3 nitrogen and oxygen atoms in total. The summed E-state index contributed by atoms with van der Waals surface area (Å²) in [5.41, 5.74) is -1.81. The summed E-state index contributed by atoms with van der Waals surface area (Å²) < 4.78 is 48.7. The number of carbonyl (C=O) groups excluding carboxylic acids is 1. The van der Waals surface area contributed by atoms with Crippen molar-refractivity contribution >= 4 is 49.5 Å². The molecule has 1 fully saturated rings. The van der Waals surface area contributed by atoms with Crippen LogP contribution in [0.15, 0.2) is 42.5 Å². The Morgan fingerprint density at radius 2 is 1.84 bits per heavy atom. The zero-order chi connectivity index (χ0) is 22.4. The van der Waals surface area contributed by atoms with Crippen molar-refractivity contribution in [3.8, 4) is 5.75 Å². The van der Waals surface area contributed by atoms with E-state index in [2.05, 4.69) is 21.2 Å². The van der Waals surface area contributed by atoms with Gasteiger partial charge in [-0.15, -0.1) is 0 Å². The second-order valence-corrected chi connectivity index (χ2v) is 9.44. The first kappa shape index (κ1) is 22.5. The van der Waals surface area contributed by atoms with Crippen LogP contribution >= 0.6 is 39.1 Å². The molecule has 1 atom stereocenters. The van der Waals surface area contributed by atoms with Crippen molar-refractivity contribution in [2.45, 2.75) is 43.5 Å². The first-order valence-electron chi connectivity index (χ1n) is 9.61. The third-order valence-corrected chi connectivity index (χ3v) is 6.68. The first-order chi connectivity index (χ1) is 14.6. The molecule has 0 bridgehead atoms. The van der Waals surface area contributed by atoms with Gasteiger partial charge in [0.2, 0.25) is 11.5 Å². The van der Waals surface area contributed by atoms with E-state index in [0.717, 1.165) is 19.3 Å². The average Bonchev–Trinajstić information content (AvgIpc) is 3.04. The summed E-state index contributed by atoms with van der Waals surface area (Å²) in [6.07, 6.45) is -0.745. The highest BCUT2D eigenvalue weighted by Gasteiger charge is 2.61. The van der Waals surface area contributed by atoms with Crippen LogP contribution in [0, 0.1) is 0 Å². The van der Waals surface area contributed by atoms with Gasteiger partial charge in [0, 0.05) is 38.6 Å². The number of carbonyl (C=O) groups is 1. The molecule has 31 heavy (non-hydrogen) atoms. The van der Waals surface area contributed by atoms with E-state index in [9.17, 15) is 18.0 Å². The van der Waals surface area contributed by atoms with Crippen LogP contribution in [0.25, 0.3) is 4.48 Å². The van der Waals surface area contributed by atoms with Crippen LogP contribution < -0.4 is 10.1 Å². The molecule has 4 rings (SSSR count). The Hall–Kier alpha value is -1.70. The maximum Gasteiger partial charge on any atom is 0.432 e. The lowest BCUT2D eigenvalue weighted by Gasteiger charge is -2.31. The standard InChI is InChI=1S/C22H17BrCl2F3NO2/c23-18(10-20(30)29-17-2-1-3-17)12-4-5-19-13(6-12)11-21(31-19,22(26,27)28)14-7-15(24)9-16(25)8-14/h4-10,17H,1-3,11H2,(H,29,30)/b18-10+. The van der Waals surface area contributed by atoms with Gasteiger partial charge in [-0.1, -0.05) is 29.3 Å². The van der Waals surface area contributed by atoms with Gasteiger partial charge in [0.1, 0.15) is 5.75 Å². The zero-order valence-corrected chi connectivity index (χ0v) is 19.1. The normalized spacial score (nSPS) is 21.3. The summed E-state index contributed by atoms with van der Waals surface area (Å²) in [6.45, 7) is 0. The van der Waals surface area contributed by atoms with Crippen LogP contribution in [0.1, 0.15) is 36.0 Å². The second kappa shape index (κ2) is 8.34. The number of fused-ring (bicyclic) bond motifs is 1. The summed E-state index contributed by atoms with van der Waals surface area (Å²) in [5.74, 6) is -0.122. The van der Waals surface area contributed by atoms with Gasteiger partial charge in [-0.05, 0) is 76.7 Å². The maximum absolute atomic E-state index is 14.2. The Morgan fingerprint density at radius 1 is 1.16 bits per heavy atom. The highest BCUT2D eigenvalue weighted by Crippen LogP contribution is 2.52. The molecule has 1 heterocycles. The third-order valence-electron chi connectivity index (χ3n) is 5.56. The number of rotatable bonds is 4. The van der Waals surface area contributed by atoms with Crippen molar-refractivity contribution in [1.82, 2.24) is 5.32 Å². The molecule has 0 saturated heterocycles. The topological polar surface area (TPSA) is 38.3 Å². The van der Waals surface area contributed by atoms with Gasteiger partial charge in [0.05, 0.1) is 0 Å². The van der Waals surface area contributed by atoms with E-state index >= 15 is 0 Å². The van der Waals surface area contributed by atoms with Crippen LogP contribution in [0.3, 0.4) is 0 Å². The molecule has 1 amide bonds. The van der Waals surface area contributed by atoms with E-state index in [1.807, 2.05) is 0 Å². The van der Waals surface area contributed by atoms with Crippen LogP contribution in [0.2, 0.25) is 10.0 Å². The van der Waals surface area contributed by atoms with Gasteiger partial charge in [-0.2, -0.15) is 13.2 Å². The summed E-state index contributed by atoms with van der Waals surface area (Å²) in [6, 6.07) is 8.66. The monoisotopic (exact) mass is 533 g/mol. The molecule has 1 aliphatic heterocycles. The Morgan fingerprint density at radius 3 is 2.42 bits per heavy atom. The average molecular weight is 535 g/mol. The highest BCUT2D eigenvalue weighted by molar-refractivity contribution is 9.15. The molecule has 1 saturated carbocycles. The van der Waals surface area contributed by atoms with Crippen molar-refractivity contribution in [1.29, 1.82) is 0 Å². The van der Waals surface area contributed by atoms with Crippen molar-refractivity contribution in [3.63, 3.8) is 0 Å². The predicted octanol–water partition coefficient (Wildman–Crippen LogP) is 6.79. The highest BCUT2D eigenvalue weighted by atomic mass is 79.9.